The smallest absolute Gasteiger partial charge is 0.302 e. The molecule has 0 aromatic rings. The van der Waals surface area contributed by atoms with Crippen LogP contribution in [-0.2, 0) is 9.53 Å². The fourth-order valence-corrected chi connectivity index (χ4v) is 8.93. The average Bonchev–Trinajstić information content (AvgIpc) is 3.09. The van der Waals surface area contributed by atoms with E-state index in [4.69, 9.17) is 4.74 Å². The number of carbonyl (C=O) groups excluding carboxylic acids is 1. The molecule has 4 aliphatic rings. The minimum absolute atomic E-state index is 0.0937. The first-order valence-corrected chi connectivity index (χ1v) is 14.0. The predicted molar refractivity (Wildman–Crippen MR) is 138 cm³/mol. The van der Waals surface area contributed by atoms with Gasteiger partial charge in [-0.1, -0.05) is 72.3 Å². The quantitative estimate of drug-likeness (QED) is 0.309. The zero-order valence-electron chi connectivity index (χ0n) is 22.7. The number of hydrogen-bond acceptors (Lipinski definition) is 2. The number of rotatable bonds is 5. The Hall–Kier alpha value is -1.05. The van der Waals surface area contributed by atoms with Crippen molar-refractivity contribution in [2.75, 3.05) is 0 Å². The van der Waals surface area contributed by atoms with Crippen LogP contribution in [0.5, 0.6) is 0 Å². The van der Waals surface area contributed by atoms with Crippen LogP contribution in [-0.4, -0.2) is 12.1 Å². The average molecular weight is 455 g/mol. The molecule has 0 saturated heterocycles. The molecule has 0 aliphatic heterocycles. The van der Waals surface area contributed by atoms with Gasteiger partial charge in [0, 0.05) is 13.3 Å². The Kier molecular flexibility index (Phi) is 6.98. The van der Waals surface area contributed by atoms with Gasteiger partial charge in [-0.25, -0.2) is 0 Å². The van der Waals surface area contributed by atoms with Gasteiger partial charge in [0.2, 0.25) is 0 Å². The van der Waals surface area contributed by atoms with Crippen molar-refractivity contribution in [1.29, 1.82) is 0 Å². The van der Waals surface area contributed by atoms with Crippen molar-refractivity contribution in [3.63, 3.8) is 0 Å². The molecule has 4 rings (SSSR count). The maximum absolute atomic E-state index is 11.6. The van der Waals surface area contributed by atoms with Gasteiger partial charge in [0.25, 0.3) is 0 Å². The van der Waals surface area contributed by atoms with Gasteiger partial charge in [0.05, 0.1) is 0 Å². The lowest BCUT2D eigenvalue weighted by Crippen LogP contribution is -2.53. The number of ether oxygens (including phenoxy) is 1. The third-order valence-electron chi connectivity index (χ3n) is 11.2. The molecular formula is C31H50O2. The largest absolute Gasteiger partial charge is 0.462 e. The van der Waals surface area contributed by atoms with Gasteiger partial charge in [-0.3, -0.25) is 4.79 Å². The van der Waals surface area contributed by atoms with Crippen LogP contribution in [0, 0.1) is 58.2 Å². The second kappa shape index (κ2) is 9.19. The van der Waals surface area contributed by atoms with E-state index in [2.05, 4.69) is 66.7 Å². The Bertz CT molecular complexity index is 793. The standard InChI is InChI=1S/C31H50O2/c1-19(2)20(3)9-10-21(4)26-11-12-27-29-22(5)17-24-18-25(33-23(6)32)13-15-30(24,7)28(29)14-16-31(26,27)8/h9-10,17,19-22,25-29H,11-16,18H2,1-8H3/b10-9+/t20-,21+,22+,25-,26-,27+,28+,29+,30-,31-/m1/s1. The lowest BCUT2D eigenvalue weighted by Gasteiger charge is -2.60. The molecule has 3 fully saturated rings. The third kappa shape index (κ3) is 4.38. The number of hydrogen-bond donors (Lipinski definition) is 0. The van der Waals surface area contributed by atoms with E-state index in [1.54, 1.807) is 12.5 Å². The number of esters is 1. The molecule has 0 spiro atoms. The molecule has 186 valence electrons. The molecule has 2 heteroatoms. The molecule has 0 aromatic carbocycles. The summed E-state index contributed by atoms with van der Waals surface area (Å²) in [7, 11) is 0. The first-order chi connectivity index (χ1) is 15.5. The van der Waals surface area contributed by atoms with E-state index >= 15 is 0 Å². The summed E-state index contributed by atoms with van der Waals surface area (Å²) >= 11 is 0. The van der Waals surface area contributed by atoms with Crippen LogP contribution in [0.2, 0.25) is 0 Å². The molecule has 4 aliphatic carbocycles. The summed E-state index contributed by atoms with van der Waals surface area (Å²) in [6.07, 6.45) is 16.6. The van der Waals surface area contributed by atoms with Crippen molar-refractivity contribution in [3.05, 3.63) is 23.8 Å². The van der Waals surface area contributed by atoms with Crippen molar-refractivity contribution in [2.24, 2.45) is 58.2 Å². The van der Waals surface area contributed by atoms with Crippen molar-refractivity contribution in [1.82, 2.24) is 0 Å². The zero-order chi connectivity index (χ0) is 24.1. The molecular weight excluding hydrogens is 404 g/mol. The molecule has 0 radical (unpaired) electrons. The molecule has 2 nitrogen and oxygen atoms in total. The molecule has 0 N–H and O–H groups in total. The lowest BCUT2D eigenvalue weighted by molar-refractivity contribution is -0.149. The lowest BCUT2D eigenvalue weighted by atomic mass is 9.45. The van der Waals surface area contributed by atoms with Crippen LogP contribution in [0.4, 0.5) is 0 Å². The van der Waals surface area contributed by atoms with Gasteiger partial charge >= 0.3 is 5.97 Å². The number of allylic oxidation sites excluding steroid dienone is 3. The van der Waals surface area contributed by atoms with Crippen LogP contribution in [0.1, 0.15) is 100 Å². The minimum atomic E-state index is -0.123. The van der Waals surface area contributed by atoms with Gasteiger partial charge < -0.3 is 4.74 Å². The highest BCUT2D eigenvalue weighted by Gasteiger charge is 2.60. The minimum Gasteiger partial charge on any atom is -0.462 e. The maximum atomic E-state index is 11.6. The molecule has 0 amide bonds. The molecule has 0 aromatic heterocycles. The second-order valence-electron chi connectivity index (χ2n) is 13.3. The number of fused-ring (bicyclic) bond motifs is 5. The molecule has 10 atom stereocenters. The SMILES string of the molecule is CC(=O)O[C@@H]1CC[C@]2(C)C(=C[C@H](C)[C@H]3[C@@H]4CC[C@H]([C@@H](C)/C=C/[C@@H](C)C(C)C)[C@@]4(C)CC[C@@H]32)C1. The second-order valence-corrected chi connectivity index (χ2v) is 13.3. The van der Waals surface area contributed by atoms with Gasteiger partial charge in [-0.15, -0.1) is 0 Å². The first kappa shape index (κ1) is 25.1. The van der Waals surface area contributed by atoms with Gasteiger partial charge in [-0.05, 0) is 96.7 Å². The first-order valence-electron chi connectivity index (χ1n) is 14.0. The van der Waals surface area contributed by atoms with E-state index in [9.17, 15) is 4.79 Å². The maximum Gasteiger partial charge on any atom is 0.302 e. The fourth-order valence-electron chi connectivity index (χ4n) is 8.93. The Balaban J connectivity index is 1.55. The zero-order valence-corrected chi connectivity index (χ0v) is 22.7. The van der Waals surface area contributed by atoms with Crippen molar-refractivity contribution < 1.29 is 9.53 Å². The summed E-state index contributed by atoms with van der Waals surface area (Å²) in [5, 5.41) is 0. The summed E-state index contributed by atoms with van der Waals surface area (Å²) < 4.78 is 5.65. The Morgan fingerprint density at radius 3 is 2.42 bits per heavy atom. The fraction of sp³-hybridized carbons (Fsp3) is 0.839. The van der Waals surface area contributed by atoms with E-state index < -0.39 is 0 Å². The van der Waals surface area contributed by atoms with Gasteiger partial charge in [0.15, 0.2) is 0 Å². The van der Waals surface area contributed by atoms with Crippen LogP contribution in [0.25, 0.3) is 0 Å². The Labute approximate surface area is 204 Å². The van der Waals surface area contributed by atoms with E-state index in [-0.39, 0.29) is 12.1 Å². The number of carbonyl (C=O) groups is 1. The molecule has 0 unspecified atom stereocenters. The van der Waals surface area contributed by atoms with Crippen molar-refractivity contribution in [3.8, 4) is 0 Å². The van der Waals surface area contributed by atoms with Crippen LogP contribution in [0.15, 0.2) is 23.8 Å². The van der Waals surface area contributed by atoms with Crippen molar-refractivity contribution >= 4 is 5.97 Å². The van der Waals surface area contributed by atoms with E-state index in [1.165, 1.54) is 32.1 Å². The molecule has 33 heavy (non-hydrogen) atoms. The molecule has 0 bridgehead atoms. The van der Waals surface area contributed by atoms with Crippen LogP contribution in [0.3, 0.4) is 0 Å². The summed E-state index contributed by atoms with van der Waals surface area (Å²) in [5.74, 6) is 5.88. The summed E-state index contributed by atoms with van der Waals surface area (Å²) in [4.78, 5) is 11.6. The highest BCUT2D eigenvalue weighted by Crippen LogP contribution is 2.68. The summed E-state index contributed by atoms with van der Waals surface area (Å²) in [6, 6.07) is 0. The summed E-state index contributed by atoms with van der Waals surface area (Å²) in [5.41, 5.74) is 2.40. The van der Waals surface area contributed by atoms with Crippen molar-refractivity contribution in [2.45, 2.75) is 106 Å². The van der Waals surface area contributed by atoms with Crippen LogP contribution < -0.4 is 0 Å². The normalized spacial score (nSPS) is 44.6. The van der Waals surface area contributed by atoms with E-state index in [0.29, 0.717) is 28.6 Å². The molecule has 0 heterocycles. The highest BCUT2D eigenvalue weighted by atomic mass is 16.5. The van der Waals surface area contributed by atoms with E-state index in [0.717, 1.165) is 42.4 Å². The monoisotopic (exact) mass is 454 g/mol. The van der Waals surface area contributed by atoms with E-state index in [1.807, 2.05) is 0 Å². The van der Waals surface area contributed by atoms with Gasteiger partial charge in [0.1, 0.15) is 6.10 Å². The molecule has 3 saturated carbocycles. The van der Waals surface area contributed by atoms with Crippen LogP contribution >= 0.6 is 0 Å². The van der Waals surface area contributed by atoms with Gasteiger partial charge in [-0.2, -0.15) is 0 Å². The highest BCUT2D eigenvalue weighted by molar-refractivity contribution is 5.66. The Morgan fingerprint density at radius 2 is 1.76 bits per heavy atom. The topological polar surface area (TPSA) is 26.3 Å². The summed E-state index contributed by atoms with van der Waals surface area (Å²) in [6.45, 7) is 18.8. The predicted octanol–water partition coefficient (Wildman–Crippen LogP) is 8.23. The third-order valence-corrected chi connectivity index (χ3v) is 11.2. The Morgan fingerprint density at radius 1 is 1.03 bits per heavy atom.